The zero-order chi connectivity index (χ0) is 20.9. The molecule has 2 aliphatic rings. The highest BCUT2D eigenvalue weighted by Crippen LogP contribution is 2.46. The largest absolute Gasteiger partial charge is 0.507 e. The van der Waals surface area contributed by atoms with Crippen LogP contribution in [0.3, 0.4) is 0 Å². The zero-order valence-corrected chi connectivity index (χ0v) is 17.7. The Morgan fingerprint density at radius 2 is 1.97 bits per heavy atom. The van der Waals surface area contributed by atoms with E-state index in [9.17, 15) is 9.50 Å². The van der Waals surface area contributed by atoms with Crippen molar-refractivity contribution in [3.8, 4) is 22.8 Å². The molecule has 0 aliphatic carbocycles. The van der Waals surface area contributed by atoms with Gasteiger partial charge in [0.1, 0.15) is 16.6 Å². The number of thioether (sulfide) groups is 1. The number of nitrogens with zero attached hydrogens (tertiary/aromatic N) is 5. The molecular formula is C21H23FN6OS. The van der Waals surface area contributed by atoms with Crippen LogP contribution in [0.2, 0.25) is 0 Å². The molecular weight excluding hydrogens is 403 g/mol. The third kappa shape index (κ3) is 3.56. The van der Waals surface area contributed by atoms with Crippen LogP contribution in [0, 0.1) is 5.82 Å². The molecule has 5 rings (SSSR count). The minimum Gasteiger partial charge on any atom is -0.507 e. The van der Waals surface area contributed by atoms with Gasteiger partial charge in [-0.25, -0.2) is 14.4 Å². The lowest BCUT2D eigenvalue weighted by atomic mass is 9.88. The van der Waals surface area contributed by atoms with Crippen LogP contribution in [0.4, 0.5) is 4.39 Å². The van der Waals surface area contributed by atoms with E-state index in [1.54, 1.807) is 30.4 Å². The Morgan fingerprint density at radius 3 is 2.60 bits per heavy atom. The number of phenols is 1. The summed E-state index contributed by atoms with van der Waals surface area (Å²) in [6.07, 6.45) is 10.8. The van der Waals surface area contributed by atoms with Crippen LogP contribution in [0.5, 0.6) is 5.75 Å². The number of imidazole rings is 1. The molecule has 2 saturated heterocycles. The predicted molar refractivity (Wildman–Crippen MR) is 112 cm³/mol. The summed E-state index contributed by atoms with van der Waals surface area (Å²) < 4.78 is 16.1. The molecule has 2 bridgehead atoms. The molecule has 0 spiro atoms. The quantitative estimate of drug-likeness (QED) is 0.657. The Bertz CT molecular complexity index is 1060. The van der Waals surface area contributed by atoms with Crippen molar-refractivity contribution in [1.82, 2.24) is 30.0 Å². The highest BCUT2D eigenvalue weighted by atomic mass is 32.2. The van der Waals surface area contributed by atoms with Crippen LogP contribution in [-0.2, 0) is 0 Å². The number of fused-ring (bicyclic) bond motifs is 2. The molecule has 1 unspecified atom stereocenters. The molecule has 7 nitrogen and oxygen atoms in total. The average Bonchev–Trinajstić information content (AvgIpc) is 3.30. The van der Waals surface area contributed by atoms with Crippen molar-refractivity contribution in [3.63, 3.8) is 0 Å². The SMILES string of the molecule is C[C@]12CC[C@](C)(CC(Sc3cnc(-c4cc(F)c(-n5ccnc5)cc4O)nn3)C1)N2. The molecule has 2 aliphatic heterocycles. The number of hydrogen-bond acceptors (Lipinski definition) is 7. The molecule has 9 heteroatoms. The van der Waals surface area contributed by atoms with Gasteiger partial charge in [0, 0.05) is 34.8 Å². The smallest absolute Gasteiger partial charge is 0.185 e. The number of phenolic OH excluding ortho intramolecular Hbond substituents is 1. The van der Waals surface area contributed by atoms with Crippen molar-refractivity contribution >= 4 is 11.8 Å². The minimum atomic E-state index is -0.505. The molecule has 2 fully saturated rings. The fourth-order valence-corrected chi connectivity index (χ4v) is 6.26. The van der Waals surface area contributed by atoms with Crippen LogP contribution in [0.25, 0.3) is 17.1 Å². The van der Waals surface area contributed by atoms with Gasteiger partial charge in [0.25, 0.3) is 0 Å². The molecule has 2 N–H and O–H groups in total. The van der Waals surface area contributed by atoms with Gasteiger partial charge >= 0.3 is 0 Å². The first kappa shape index (κ1) is 19.4. The van der Waals surface area contributed by atoms with Crippen LogP contribution >= 0.6 is 11.8 Å². The molecule has 156 valence electrons. The number of nitrogens with one attached hydrogen (secondary N) is 1. The fourth-order valence-electron chi connectivity index (χ4n) is 4.81. The van der Waals surface area contributed by atoms with Gasteiger partial charge in [-0.2, -0.15) is 0 Å². The van der Waals surface area contributed by atoms with E-state index in [-0.39, 0.29) is 33.9 Å². The van der Waals surface area contributed by atoms with Crippen molar-refractivity contribution in [1.29, 1.82) is 0 Å². The van der Waals surface area contributed by atoms with E-state index in [1.807, 2.05) is 0 Å². The van der Waals surface area contributed by atoms with Crippen molar-refractivity contribution < 1.29 is 9.50 Å². The molecule has 0 saturated carbocycles. The predicted octanol–water partition coefficient (Wildman–Crippen LogP) is 3.72. The molecule has 3 aromatic rings. The second-order valence-electron chi connectivity index (χ2n) is 8.81. The van der Waals surface area contributed by atoms with E-state index in [2.05, 4.69) is 39.3 Å². The lowest BCUT2D eigenvalue weighted by Crippen LogP contribution is -2.54. The molecule has 0 radical (unpaired) electrons. The molecule has 1 aromatic carbocycles. The molecule has 4 heterocycles. The first-order chi connectivity index (χ1) is 14.3. The number of halogens is 1. The third-order valence-corrected chi connectivity index (χ3v) is 7.20. The summed E-state index contributed by atoms with van der Waals surface area (Å²) in [4.78, 5) is 8.24. The number of rotatable bonds is 4. The van der Waals surface area contributed by atoms with Crippen molar-refractivity contribution in [2.75, 3.05) is 0 Å². The van der Waals surface area contributed by atoms with Crippen LogP contribution in [-0.4, -0.2) is 46.2 Å². The zero-order valence-electron chi connectivity index (χ0n) is 16.8. The van der Waals surface area contributed by atoms with E-state index in [0.29, 0.717) is 5.25 Å². The highest BCUT2D eigenvalue weighted by Gasteiger charge is 2.48. The van der Waals surface area contributed by atoms with E-state index < -0.39 is 5.82 Å². The fraction of sp³-hybridized carbons (Fsp3) is 0.429. The second-order valence-corrected chi connectivity index (χ2v) is 10.1. The topological polar surface area (TPSA) is 88.8 Å². The Labute approximate surface area is 178 Å². The van der Waals surface area contributed by atoms with Crippen molar-refractivity contribution in [2.24, 2.45) is 0 Å². The molecule has 3 atom stereocenters. The van der Waals surface area contributed by atoms with Gasteiger partial charge in [0.05, 0.1) is 23.8 Å². The lowest BCUT2D eigenvalue weighted by Gasteiger charge is -2.41. The Kier molecular flexibility index (Phi) is 4.55. The first-order valence-corrected chi connectivity index (χ1v) is 10.9. The van der Waals surface area contributed by atoms with E-state index >= 15 is 0 Å². The van der Waals surface area contributed by atoms with Gasteiger partial charge in [-0.1, -0.05) is 11.8 Å². The van der Waals surface area contributed by atoms with Gasteiger partial charge in [0.2, 0.25) is 0 Å². The van der Waals surface area contributed by atoms with Gasteiger partial charge < -0.3 is 15.0 Å². The monoisotopic (exact) mass is 426 g/mol. The third-order valence-electron chi connectivity index (χ3n) is 6.11. The highest BCUT2D eigenvalue weighted by molar-refractivity contribution is 7.99. The van der Waals surface area contributed by atoms with E-state index in [1.165, 1.54) is 35.9 Å². The number of aromatic nitrogens is 5. The van der Waals surface area contributed by atoms with Gasteiger partial charge in [-0.15, -0.1) is 10.2 Å². The normalized spacial score (nSPS) is 28.0. The van der Waals surface area contributed by atoms with Crippen LogP contribution in [0.1, 0.15) is 39.5 Å². The number of piperidine rings is 1. The standard InChI is InChI=1S/C21H23FN6OS/c1-20-3-4-21(2,27-20)10-13(9-20)30-18-11-24-19(26-25-18)14-7-15(22)16(8-17(14)29)28-6-5-23-12-28/h5-8,11-13,27,29H,3-4,9-10H2,1-2H3/t13?,20-,21+. The minimum absolute atomic E-state index is 0.113. The maximum atomic E-state index is 14.6. The Hall–Kier alpha value is -2.52. The van der Waals surface area contributed by atoms with Gasteiger partial charge in [0.15, 0.2) is 5.82 Å². The van der Waals surface area contributed by atoms with Crippen LogP contribution < -0.4 is 5.32 Å². The lowest BCUT2D eigenvalue weighted by molar-refractivity contribution is 0.241. The Balaban J connectivity index is 1.35. The molecule has 30 heavy (non-hydrogen) atoms. The second kappa shape index (κ2) is 7.02. The summed E-state index contributed by atoms with van der Waals surface area (Å²) in [5.41, 5.74) is 0.786. The van der Waals surface area contributed by atoms with Crippen LogP contribution in [0.15, 0.2) is 42.1 Å². The Morgan fingerprint density at radius 1 is 1.20 bits per heavy atom. The summed E-state index contributed by atoms with van der Waals surface area (Å²) in [5, 5.41) is 23.8. The average molecular weight is 427 g/mol. The van der Waals surface area contributed by atoms with E-state index in [4.69, 9.17) is 0 Å². The summed E-state index contributed by atoms with van der Waals surface area (Å²) in [5.74, 6) is -0.426. The molecule has 0 amide bonds. The first-order valence-electron chi connectivity index (χ1n) is 10.00. The number of benzene rings is 1. The number of aromatic hydroxyl groups is 1. The van der Waals surface area contributed by atoms with Gasteiger partial charge in [-0.05, 0) is 45.6 Å². The van der Waals surface area contributed by atoms with Gasteiger partial charge in [-0.3, -0.25) is 0 Å². The summed E-state index contributed by atoms with van der Waals surface area (Å²) in [6.45, 7) is 4.59. The summed E-state index contributed by atoms with van der Waals surface area (Å²) in [6, 6.07) is 2.56. The number of hydrogen-bond donors (Lipinski definition) is 2. The summed E-state index contributed by atoms with van der Waals surface area (Å²) >= 11 is 1.70. The maximum Gasteiger partial charge on any atom is 0.185 e. The molecule has 2 aromatic heterocycles. The van der Waals surface area contributed by atoms with E-state index in [0.717, 1.165) is 17.9 Å². The van der Waals surface area contributed by atoms with Crippen molar-refractivity contribution in [2.45, 2.75) is 60.9 Å². The van der Waals surface area contributed by atoms with Crippen molar-refractivity contribution in [3.05, 3.63) is 42.9 Å². The maximum absolute atomic E-state index is 14.6. The summed E-state index contributed by atoms with van der Waals surface area (Å²) in [7, 11) is 0.